The van der Waals surface area contributed by atoms with E-state index in [0.29, 0.717) is 16.9 Å². The Bertz CT molecular complexity index is 629. The molecule has 0 N–H and O–H groups in total. The summed E-state index contributed by atoms with van der Waals surface area (Å²) in [6.45, 7) is 1.92. The Kier molecular flexibility index (Phi) is 4.15. The quantitative estimate of drug-likeness (QED) is 0.635. The molecular formula is C16H14O4. The second kappa shape index (κ2) is 6.02. The van der Waals surface area contributed by atoms with E-state index >= 15 is 0 Å². The van der Waals surface area contributed by atoms with Crippen LogP contribution < -0.4 is 4.74 Å². The summed E-state index contributed by atoms with van der Waals surface area (Å²) in [5, 5.41) is 0. The third kappa shape index (κ3) is 3.23. The molecule has 102 valence electrons. The predicted molar refractivity (Wildman–Crippen MR) is 73.9 cm³/mol. The van der Waals surface area contributed by atoms with Crippen molar-refractivity contribution in [3.63, 3.8) is 0 Å². The van der Waals surface area contributed by atoms with Gasteiger partial charge in [-0.2, -0.15) is 0 Å². The fourth-order valence-corrected chi connectivity index (χ4v) is 1.71. The third-order valence-corrected chi connectivity index (χ3v) is 2.74. The topological polar surface area (TPSA) is 52.6 Å². The van der Waals surface area contributed by atoms with Gasteiger partial charge < -0.3 is 9.47 Å². The summed E-state index contributed by atoms with van der Waals surface area (Å²) in [6, 6.07) is 13.3. The van der Waals surface area contributed by atoms with Crippen LogP contribution in [0.15, 0.2) is 48.5 Å². The minimum Gasteiger partial charge on any atom is -0.465 e. The molecular weight excluding hydrogens is 256 g/mol. The lowest BCUT2D eigenvalue weighted by atomic mass is 10.1. The number of methoxy groups -OCH3 is 1. The Hall–Kier alpha value is -2.62. The highest BCUT2D eigenvalue weighted by Gasteiger charge is 2.10. The second-order valence-electron chi connectivity index (χ2n) is 4.27. The standard InChI is InChI=1S/C16H14O4/c1-11-4-3-5-14(10-11)20-16(18)13-8-6-12(7-9-13)15(17)19-2/h3-10H,1-2H3. The molecule has 0 aliphatic heterocycles. The van der Waals surface area contributed by atoms with Crippen LogP contribution >= 0.6 is 0 Å². The van der Waals surface area contributed by atoms with Crippen molar-refractivity contribution in [3.05, 3.63) is 65.2 Å². The molecule has 20 heavy (non-hydrogen) atoms. The predicted octanol–water partition coefficient (Wildman–Crippen LogP) is 3.00. The first-order valence-corrected chi connectivity index (χ1v) is 6.07. The maximum absolute atomic E-state index is 11.9. The van der Waals surface area contributed by atoms with Crippen molar-refractivity contribution in [1.82, 2.24) is 0 Å². The summed E-state index contributed by atoms with van der Waals surface area (Å²) < 4.78 is 9.84. The van der Waals surface area contributed by atoms with Crippen LogP contribution in [0, 0.1) is 6.92 Å². The molecule has 0 atom stereocenters. The molecule has 4 heteroatoms. The average molecular weight is 270 g/mol. The van der Waals surface area contributed by atoms with Crippen LogP contribution in [0.4, 0.5) is 0 Å². The lowest BCUT2D eigenvalue weighted by Gasteiger charge is -2.05. The van der Waals surface area contributed by atoms with Gasteiger partial charge in [0.05, 0.1) is 18.2 Å². The van der Waals surface area contributed by atoms with Gasteiger partial charge in [-0.05, 0) is 48.9 Å². The molecule has 0 saturated carbocycles. The molecule has 4 nitrogen and oxygen atoms in total. The van der Waals surface area contributed by atoms with E-state index in [1.165, 1.54) is 31.4 Å². The zero-order valence-corrected chi connectivity index (χ0v) is 11.3. The smallest absolute Gasteiger partial charge is 0.343 e. The van der Waals surface area contributed by atoms with E-state index in [1.54, 1.807) is 12.1 Å². The van der Waals surface area contributed by atoms with Crippen LogP contribution in [-0.4, -0.2) is 19.0 Å². The summed E-state index contributed by atoms with van der Waals surface area (Å²) in [5.41, 5.74) is 1.77. The van der Waals surface area contributed by atoms with Crippen LogP contribution in [0.3, 0.4) is 0 Å². The molecule has 2 rings (SSSR count). The molecule has 0 aromatic heterocycles. The van der Waals surface area contributed by atoms with Gasteiger partial charge >= 0.3 is 11.9 Å². The van der Waals surface area contributed by atoms with E-state index in [0.717, 1.165) is 5.56 Å². The van der Waals surface area contributed by atoms with Gasteiger partial charge in [0.2, 0.25) is 0 Å². The van der Waals surface area contributed by atoms with Gasteiger partial charge in [0.15, 0.2) is 0 Å². The zero-order chi connectivity index (χ0) is 14.5. The number of ether oxygens (including phenoxy) is 2. The SMILES string of the molecule is COC(=O)c1ccc(C(=O)Oc2cccc(C)c2)cc1. The van der Waals surface area contributed by atoms with Gasteiger partial charge in [0.1, 0.15) is 5.75 Å². The van der Waals surface area contributed by atoms with Crippen LogP contribution in [0.25, 0.3) is 0 Å². The Balaban J connectivity index is 2.11. The summed E-state index contributed by atoms with van der Waals surface area (Å²) >= 11 is 0. The van der Waals surface area contributed by atoms with E-state index < -0.39 is 11.9 Å². The molecule has 2 aromatic carbocycles. The number of hydrogen-bond acceptors (Lipinski definition) is 4. The van der Waals surface area contributed by atoms with Crippen molar-refractivity contribution in [2.24, 2.45) is 0 Å². The van der Waals surface area contributed by atoms with Crippen LogP contribution in [-0.2, 0) is 4.74 Å². The summed E-state index contributed by atoms with van der Waals surface area (Å²) in [4.78, 5) is 23.2. The van der Waals surface area contributed by atoms with E-state index in [4.69, 9.17) is 4.74 Å². The van der Waals surface area contributed by atoms with Crippen LogP contribution in [0.1, 0.15) is 26.3 Å². The molecule has 0 aliphatic rings. The molecule has 0 unspecified atom stereocenters. The maximum Gasteiger partial charge on any atom is 0.343 e. The molecule has 0 bridgehead atoms. The van der Waals surface area contributed by atoms with Crippen molar-refractivity contribution in [3.8, 4) is 5.75 Å². The lowest BCUT2D eigenvalue weighted by molar-refractivity contribution is 0.0599. The normalized spacial score (nSPS) is 9.90. The molecule has 0 amide bonds. The molecule has 2 aromatic rings. The maximum atomic E-state index is 11.9. The lowest BCUT2D eigenvalue weighted by Crippen LogP contribution is -2.09. The van der Waals surface area contributed by atoms with E-state index in [9.17, 15) is 9.59 Å². The van der Waals surface area contributed by atoms with Crippen LogP contribution in [0.5, 0.6) is 5.75 Å². The number of rotatable bonds is 3. The fraction of sp³-hybridized carbons (Fsp3) is 0.125. The summed E-state index contributed by atoms with van der Waals surface area (Å²) in [6.07, 6.45) is 0. The minimum absolute atomic E-state index is 0.374. The van der Waals surface area contributed by atoms with E-state index in [1.807, 2.05) is 19.1 Å². The first-order chi connectivity index (χ1) is 9.60. The Morgan fingerprint density at radius 3 is 2.05 bits per heavy atom. The number of hydrogen-bond donors (Lipinski definition) is 0. The minimum atomic E-state index is -0.466. The van der Waals surface area contributed by atoms with Crippen molar-refractivity contribution >= 4 is 11.9 Å². The average Bonchev–Trinajstić information content (AvgIpc) is 2.46. The first-order valence-electron chi connectivity index (χ1n) is 6.07. The first kappa shape index (κ1) is 13.8. The fourth-order valence-electron chi connectivity index (χ4n) is 1.71. The summed E-state index contributed by atoms with van der Waals surface area (Å²) in [5.74, 6) is -0.414. The number of aryl methyl sites for hydroxylation is 1. The molecule has 0 radical (unpaired) electrons. The van der Waals surface area contributed by atoms with Gasteiger partial charge in [-0.15, -0.1) is 0 Å². The molecule has 0 spiro atoms. The number of carbonyl (C=O) groups excluding carboxylic acids is 2. The highest BCUT2D eigenvalue weighted by Crippen LogP contribution is 2.15. The Labute approximate surface area is 116 Å². The highest BCUT2D eigenvalue weighted by molar-refractivity contribution is 5.94. The van der Waals surface area contributed by atoms with Gasteiger partial charge in [-0.1, -0.05) is 12.1 Å². The molecule has 0 aliphatic carbocycles. The number of esters is 2. The van der Waals surface area contributed by atoms with Gasteiger partial charge in [0.25, 0.3) is 0 Å². The zero-order valence-electron chi connectivity index (χ0n) is 11.3. The van der Waals surface area contributed by atoms with Gasteiger partial charge in [-0.25, -0.2) is 9.59 Å². The van der Waals surface area contributed by atoms with Crippen LogP contribution in [0.2, 0.25) is 0 Å². The number of carbonyl (C=O) groups is 2. The largest absolute Gasteiger partial charge is 0.465 e. The van der Waals surface area contributed by atoms with Gasteiger partial charge in [-0.3, -0.25) is 0 Å². The molecule has 0 heterocycles. The third-order valence-electron chi connectivity index (χ3n) is 2.74. The Morgan fingerprint density at radius 2 is 1.50 bits per heavy atom. The number of benzene rings is 2. The van der Waals surface area contributed by atoms with Crippen molar-refractivity contribution in [1.29, 1.82) is 0 Å². The second-order valence-corrected chi connectivity index (χ2v) is 4.27. The summed E-state index contributed by atoms with van der Waals surface area (Å²) in [7, 11) is 1.31. The monoisotopic (exact) mass is 270 g/mol. The van der Waals surface area contributed by atoms with Crippen molar-refractivity contribution in [2.75, 3.05) is 7.11 Å². The highest BCUT2D eigenvalue weighted by atomic mass is 16.5. The Morgan fingerprint density at radius 1 is 0.900 bits per heavy atom. The molecule has 0 saturated heterocycles. The van der Waals surface area contributed by atoms with Gasteiger partial charge in [0, 0.05) is 0 Å². The van der Waals surface area contributed by atoms with E-state index in [2.05, 4.69) is 4.74 Å². The van der Waals surface area contributed by atoms with E-state index in [-0.39, 0.29) is 0 Å². The van der Waals surface area contributed by atoms with Crippen molar-refractivity contribution in [2.45, 2.75) is 6.92 Å². The van der Waals surface area contributed by atoms with Crippen molar-refractivity contribution < 1.29 is 19.1 Å². The molecule has 0 fully saturated rings.